The molecule has 3 aromatic heterocycles. The molecule has 0 atom stereocenters. The molecule has 1 saturated heterocycles. The van der Waals surface area contributed by atoms with E-state index < -0.39 is 0 Å². The van der Waals surface area contributed by atoms with Gasteiger partial charge in [-0.1, -0.05) is 5.16 Å². The molecule has 4 rings (SSSR count). The zero-order chi connectivity index (χ0) is 17.2. The lowest BCUT2D eigenvalue weighted by Crippen LogP contribution is -2.32. The zero-order valence-electron chi connectivity index (χ0n) is 14.6. The number of hydrogen-bond acceptors (Lipinski definition) is 6. The third kappa shape index (κ3) is 3.50. The lowest BCUT2D eigenvalue weighted by atomic mass is 9.89. The summed E-state index contributed by atoms with van der Waals surface area (Å²) in [5.74, 6) is 1.43. The first-order valence-corrected chi connectivity index (χ1v) is 9.58. The number of aromatic nitrogens is 3. The van der Waals surface area contributed by atoms with Gasteiger partial charge in [0.1, 0.15) is 10.8 Å². The minimum absolute atomic E-state index is 0.592. The average Bonchev–Trinajstić information content (AvgIpc) is 3.25. The smallest absolute Gasteiger partial charge is 0.143 e. The molecule has 1 fully saturated rings. The maximum absolute atomic E-state index is 5.30. The van der Waals surface area contributed by atoms with Crippen molar-refractivity contribution < 1.29 is 4.52 Å². The number of hydrogen-bond donors (Lipinski definition) is 0. The van der Waals surface area contributed by atoms with Gasteiger partial charge in [0.05, 0.1) is 23.5 Å². The van der Waals surface area contributed by atoms with Crippen molar-refractivity contribution in [3.05, 3.63) is 51.9 Å². The van der Waals surface area contributed by atoms with Crippen LogP contribution in [0.15, 0.2) is 34.4 Å². The van der Waals surface area contributed by atoms with Crippen LogP contribution < -0.4 is 0 Å². The van der Waals surface area contributed by atoms with Gasteiger partial charge in [-0.25, -0.2) is 4.98 Å². The summed E-state index contributed by atoms with van der Waals surface area (Å²) >= 11 is 1.74. The summed E-state index contributed by atoms with van der Waals surface area (Å²) < 4.78 is 5.30. The van der Waals surface area contributed by atoms with Crippen LogP contribution in [0.1, 0.15) is 40.8 Å². The summed E-state index contributed by atoms with van der Waals surface area (Å²) in [5.41, 5.74) is 4.28. The molecule has 0 bridgehead atoms. The summed E-state index contributed by atoms with van der Waals surface area (Å²) in [6, 6.07) is 4.37. The molecule has 25 heavy (non-hydrogen) atoms. The van der Waals surface area contributed by atoms with Gasteiger partial charge < -0.3 is 4.52 Å². The van der Waals surface area contributed by atoms with Crippen molar-refractivity contribution in [3.8, 4) is 11.3 Å². The number of aryl methyl sites for hydroxylation is 2. The Morgan fingerprint density at radius 3 is 2.72 bits per heavy atom. The van der Waals surface area contributed by atoms with E-state index in [1.54, 1.807) is 11.3 Å². The number of piperidine rings is 1. The summed E-state index contributed by atoms with van der Waals surface area (Å²) in [6.07, 6.45) is 6.16. The fraction of sp³-hybridized carbons (Fsp3) is 0.421. The predicted octanol–water partition coefficient (Wildman–Crippen LogP) is 4.19. The first-order chi connectivity index (χ1) is 12.2. The lowest BCUT2D eigenvalue weighted by molar-refractivity contribution is 0.204. The Labute approximate surface area is 151 Å². The third-order valence-electron chi connectivity index (χ3n) is 4.97. The molecule has 0 radical (unpaired) electrons. The van der Waals surface area contributed by atoms with Crippen LogP contribution in [0.4, 0.5) is 0 Å². The zero-order valence-corrected chi connectivity index (χ0v) is 15.4. The quantitative estimate of drug-likeness (QED) is 0.703. The molecule has 3 aromatic rings. The molecule has 0 aliphatic carbocycles. The van der Waals surface area contributed by atoms with Crippen LogP contribution in [0.3, 0.4) is 0 Å². The second-order valence-electron chi connectivity index (χ2n) is 6.65. The van der Waals surface area contributed by atoms with E-state index in [9.17, 15) is 0 Å². The van der Waals surface area contributed by atoms with Crippen LogP contribution in [-0.2, 0) is 6.54 Å². The lowest BCUT2D eigenvalue weighted by Gasteiger charge is -2.31. The molecule has 0 N–H and O–H groups in total. The van der Waals surface area contributed by atoms with E-state index in [-0.39, 0.29) is 0 Å². The summed E-state index contributed by atoms with van der Waals surface area (Å²) in [5, 5.41) is 7.32. The predicted molar refractivity (Wildman–Crippen MR) is 98.6 cm³/mol. The van der Waals surface area contributed by atoms with E-state index >= 15 is 0 Å². The minimum Gasteiger partial charge on any atom is -0.361 e. The van der Waals surface area contributed by atoms with Crippen LogP contribution in [-0.4, -0.2) is 33.1 Å². The standard InChI is InChI=1S/C19H22N4OS/c1-13-19(14(2)24-22-13)17-11-16(3-6-20-17)15-4-8-23(9-5-15)12-18-21-7-10-25-18/h3,6-7,10-11,15H,4-5,8-9,12H2,1-2H3. The van der Waals surface area contributed by atoms with Crippen LogP contribution >= 0.6 is 11.3 Å². The third-order valence-corrected chi connectivity index (χ3v) is 5.74. The van der Waals surface area contributed by atoms with E-state index in [1.807, 2.05) is 26.2 Å². The highest BCUT2D eigenvalue weighted by molar-refractivity contribution is 7.09. The Balaban J connectivity index is 1.46. The van der Waals surface area contributed by atoms with Crippen LogP contribution in [0.2, 0.25) is 0 Å². The molecule has 1 aliphatic rings. The molecule has 1 aliphatic heterocycles. The fourth-order valence-electron chi connectivity index (χ4n) is 3.63. The highest BCUT2D eigenvalue weighted by Gasteiger charge is 2.22. The highest BCUT2D eigenvalue weighted by atomic mass is 32.1. The fourth-order valence-corrected chi connectivity index (χ4v) is 4.29. The number of pyridine rings is 1. The van der Waals surface area contributed by atoms with E-state index in [2.05, 4.69) is 37.5 Å². The van der Waals surface area contributed by atoms with E-state index in [4.69, 9.17) is 4.52 Å². The van der Waals surface area contributed by atoms with Gasteiger partial charge in [0.15, 0.2) is 0 Å². The van der Waals surface area contributed by atoms with E-state index in [0.717, 1.165) is 42.3 Å². The number of nitrogens with zero attached hydrogens (tertiary/aromatic N) is 4. The Hall–Kier alpha value is -2.05. The van der Waals surface area contributed by atoms with Gasteiger partial charge in [-0.2, -0.15) is 0 Å². The Morgan fingerprint density at radius 2 is 2.04 bits per heavy atom. The average molecular weight is 354 g/mol. The monoisotopic (exact) mass is 354 g/mol. The highest BCUT2D eigenvalue weighted by Crippen LogP contribution is 2.32. The molecule has 5 nitrogen and oxygen atoms in total. The van der Waals surface area contributed by atoms with Crippen molar-refractivity contribution in [2.75, 3.05) is 13.1 Å². The van der Waals surface area contributed by atoms with Crippen LogP contribution in [0, 0.1) is 13.8 Å². The van der Waals surface area contributed by atoms with Crippen molar-refractivity contribution >= 4 is 11.3 Å². The van der Waals surface area contributed by atoms with Crippen LogP contribution in [0.25, 0.3) is 11.3 Å². The molecule has 0 spiro atoms. The van der Waals surface area contributed by atoms with Gasteiger partial charge in [-0.15, -0.1) is 11.3 Å². The van der Waals surface area contributed by atoms with Crippen molar-refractivity contribution in [2.45, 2.75) is 39.2 Å². The first-order valence-electron chi connectivity index (χ1n) is 8.70. The first kappa shape index (κ1) is 16.4. The van der Waals surface area contributed by atoms with Gasteiger partial charge in [-0.3, -0.25) is 9.88 Å². The van der Waals surface area contributed by atoms with Gasteiger partial charge >= 0.3 is 0 Å². The van der Waals surface area contributed by atoms with Gasteiger partial charge in [-0.05, 0) is 63.4 Å². The molecular formula is C19H22N4OS. The van der Waals surface area contributed by atoms with Crippen molar-refractivity contribution in [1.82, 2.24) is 20.0 Å². The Bertz CT molecular complexity index is 815. The van der Waals surface area contributed by atoms with Crippen LogP contribution in [0.5, 0.6) is 0 Å². The maximum Gasteiger partial charge on any atom is 0.143 e. The van der Waals surface area contributed by atoms with Gasteiger partial charge in [0.25, 0.3) is 0 Å². The summed E-state index contributed by atoms with van der Waals surface area (Å²) in [4.78, 5) is 11.4. The molecule has 0 aromatic carbocycles. The largest absolute Gasteiger partial charge is 0.361 e. The second-order valence-corrected chi connectivity index (χ2v) is 7.63. The van der Waals surface area contributed by atoms with Gasteiger partial charge in [0, 0.05) is 17.8 Å². The molecule has 4 heterocycles. The van der Waals surface area contributed by atoms with E-state index in [0.29, 0.717) is 5.92 Å². The molecular weight excluding hydrogens is 332 g/mol. The Kier molecular flexibility index (Phi) is 4.63. The topological polar surface area (TPSA) is 55.1 Å². The molecule has 0 saturated carbocycles. The van der Waals surface area contributed by atoms with Crippen molar-refractivity contribution in [2.24, 2.45) is 0 Å². The maximum atomic E-state index is 5.30. The SMILES string of the molecule is Cc1noc(C)c1-c1cc(C2CCN(Cc3nccs3)CC2)ccn1. The second kappa shape index (κ2) is 7.06. The number of rotatable bonds is 4. The van der Waals surface area contributed by atoms with Crippen molar-refractivity contribution in [1.29, 1.82) is 0 Å². The molecule has 0 unspecified atom stereocenters. The summed E-state index contributed by atoms with van der Waals surface area (Å²) in [6.45, 7) is 7.13. The van der Waals surface area contributed by atoms with E-state index in [1.165, 1.54) is 23.4 Å². The Morgan fingerprint density at radius 1 is 1.20 bits per heavy atom. The molecule has 0 amide bonds. The van der Waals surface area contributed by atoms with Crippen molar-refractivity contribution in [3.63, 3.8) is 0 Å². The summed E-state index contributed by atoms with van der Waals surface area (Å²) in [7, 11) is 0. The normalized spacial score (nSPS) is 16.4. The number of likely N-dealkylation sites (tertiary alicyclic amines) is 1. The number of thiazole rings is 1. The molecule has 130 valence electrons. The minimum atomic E-state index is 0.592. The van der Waals surface area contributed by atoms with Gasteiger partial charge in [0.2, 0.25) is 0 Å². The molecule has 6 heteroatoms.